The lowest BCUT2D eigenvalue weighted by molar-refractivity contribution is 0.356. The van der Waals surface area contributed by atoms with Gasteiger partial charge in [0.2, 0.25) is 0 Å². The van der Waals surface area contributed by atoms with E-state index in [0.717, 1.165) is 16.7 Å². The monoisotopic (exact) mass is 363 g/mol. The summed E-state index contributed by atoms with van der Waals surface area (Å²) < 4.78 is 10.8. The molecular weight excluding hydrogens is 338 g/mol. The number of benzene rings is 2. The first-order valence-electron chi connectivity index (χ1n) is 8.92. The Hall–Kier alpha value is -3.08. The Bertz CT molecular complexity index is 996. The molecule has 140 valence electrons. The molecule has 5 heteroatoms. The Morgan fingerprint density at radius 3 is 2.52 bits per heavy atom. The molecule has 0 bridgehead atoms. The van der Waals surface area contributed by atoms with Gasteiger partial charge in [-0.25, -0.2) is 9.97 Å². The molecule has 1 N–H and O–H groups in total. The summed E-state index contributed by atoms with van der Waals surface area (Å²) in [5, 5.41) is 4.35. The molecule has 0 spiro atoms. The normalized spacial score (nSPS) is 11.5. The molecule has 0 aliphatic carbocycles. The van der Waals surface area contributed by atoms with Crippen molar-refractivity contribution in [3.05, 3.63) is 59.4 Å². The summed E-state index contributed by atoms with van der Waals surface area (Å²) in [6.45, 7) is 6.73. The Morgan fingerprint density at radius 1 is 1.07 bits per heavy atom. The van der Waals surface area contributed by atoms with Gasteiger partial charge in [-0.15, -0.1) is 0 Å². The number of nitrogens with zero attached hydrogens (tertiary/aromatic N) is 2. The van der Waals surface area contributed by atoms with Crippen molar-refractivity contribution in [1.82, 2.24) is 9.97 Å². The second kappa shape index (κ2) is 8.08. The fraction of sp³-hybridized carbons (Fsp3) is 0.273. The van der Waals surface area contributed by atoms with E-state index in [1.165, 1.54) is 16.7 Å². The summed E-state index contributed by atoms with van der Waals surface area (Å²) in [7, 11) is 3.25. The van der Waals surface area contributed by atoms with Gasteiger partial charge in [-0.05, 0) is 49.6 Å². The number of rotatable bonds is 6. The van der Waals surface area contributed by atoms with Gasteiger partial charge in [0.15, 0.2) is 11.5 Å². The third-order valence-electron chi connectivity index (χ3n) is 4.59. The molecule has 5 nitrogen and oxygen atoms in total. The van der Waals surface area contributed by atoms with Crippen LogP contribution < -0.4 is 14.8 Å². The highest BCUT2D eigenvalue weighted by molar-refractivity contribution is 5.91. The Balaban J connectivity index is 1.95. The first kappa shape index (κ1) is 18.7. The molecule has 0 saturated carbocycles. The summed E-state index contributed by atoms with van der Waals surface area (Å²) in [5.74, 6) is 2.80. The van der Waals surface area contributed by atoms with E-state index in [4.69, 9.17) is 9.47 Å². The van der Waals surface area contributed by atoms with Gasteiger partial charge < -0.3 is 14.8 Å². The molecule has 0 radical (unpaired) electrons. The Morgan fingerprint density at radius 2 is 1.81 bits per heavy atom. The zero-order valence-electron chi connectivity index (χ0n) is 16.5. The maximum Gasteiger partial charge on any atom is 0.162 e. The minimum Gasteiger partial charge on any atom is -0.493 e. The molecule has 0 amide bonds. The van der Waals surface area contributed by atoms with Crippen LogP contribution in [0.4, 0.5) is 5.82 Å². The van der Waals surface area contributed by atoms with Crippen molar-refractivity contribution in [2.24, 2.45) is 0 Å². The number of fused-ring (bicyclic) bond motifs is 1. The predicted molar refractivity (Wildman–Crippen MR) is 110 cm³/mol. The quantitative estimate of drug-likeness (QED) is 0.668. The molecule has 1 heterocycles. The average molecular weight is 363 g/mol. The van der Waals surface area contributed by atoms with Crippen LogP contribution in [-0.2, 0) is 6.54 Å². The van der Waals surface area contributed by atoms with Gasteiger partial charge in [-0.1, -0.05) is 24.3 Å². The molecule has 0 unspecified atom stereocenters. The van der Waals surface area contributed by atoms with Crippen LogP contribution in [0.15, 0.2) is 42.5 Å². The van der Waals surface area contributed by atoms with E-state index in [1.54, 1.807) is 14.2 Å². The number of ether oxygens (including phenoxy) is 2. The van der Waals surface area contributed by atoms with Crippen LogP contribution in [0.3, 0.4) is 0 Å². The van der Waals surface area contributed by atoms with E-state index >= 15 is 0 Å². The Kier molecular flexibility index (Phi) is 5.60. The molecule has 0 fully saturated rings. The number of hydrogen-bond donors (Lipinski definition) is 1. The van der Waals surface area contributed by atoms with E-state index in [9.17, 15) is 0 Å². The second-order valence-electron chi connectivity index (χ2n) is 6.37. The van der Waals surface area contributed by atoms with Crippen LogP contribution in [0.1, 0.15) is 30.8 Å². The summed E-state index contributed by atoms with van der Waals surface area (Å²) in [6, 6.07) is 12.3. The lowest BCUT2D eigenvalue weighted by atomic mass is 10.0. The topological polar surface area (TPSA) is 56.3 Å². The van der Waals surface area contributed by atoms with Gasteiger partial charge in [0.25, 0.3) is 0 Å². The van der Waals surface area contributed by atoms with Crippen LogP contribution in [-0.4, -0.2) is 24.2 Å². The van der Waals surface area contributed by atoms with E-state index < -0.39 is 0 Å². The minimum atomic E-state index is 0.656. The molecule has 2 aromatic carbocycles. The molecule has 0 atom stereocenters. The minimum absolute atomic E-state index is 0.656. The van der Waals surface area contributed by atoms with E-state index in [0.29, 0.717) is 23.9 Å². The van der Waals surface area contributed by atoms with Gasteiger partial charge in [0, 0.05) is 18.0 Å². The van der Waals surface area contributed by atoms with Crippen molar-refractivity contribution < 1.29 is 9.47 Å². The first-order chi connectivity index (χ1) is 13.0. The van der Waals surface area contributed by atoms with Crippen molar-refractivity contribution in [3.63, 3.8) is 0 Å². The molecule has 3 aromatic rings. The fourth-order valence-electron chi connectivity index (χ4n) is 2.99. The van der Waals surface area contributed by atoms with Crippen molar-refractivity contribution in [1.29, 1.82) is 0 Å². The number of allylic oxidation sites excluding steroid dienone is 2. The van der Waals surface area contributed by atoms with Crippen LogP contribution in [0.25, 0.3) is 16.5 Å². The summed E-state index contributed by atoms with van der Waals surface area (Å²) >= 11 is 0. The molecule has 0 saturated heterocycles. The summed E-state index contributed by atoms with van der Waals surface area (Å²) in [4.78, 5) is 9.12. The predicted octanol–water partition coefficient (Wildman–Crippen LogP) is 4.99. The van der Waals surface area contributed by atoms with Gasteiger partial charge in [0.1, 0.15) is 11.6 Å². The Labute approximate surface area is 160 Å². The van der Waals surface area contributed by atoms with Crippen LogP contribution in [0, 0.1) is 6.92 Å². The van der Waals surface area contributed by atoms with Crippen molar-refractivity contribution in [3.8, 4) is 11.5 Å². The van der Waals surface area contributed by atoms with Crippen molar-refractivity contribution in [2.75, 3.05) is 19.5 Å². The molecule has 1 aromatic heterocycles. The first-order valence-corrected chi connectivity index (χ1v) is 8.92. The van der Waals surface area contributed by atoms with Crippen LogP contribution >= 0.6 is 0 Å². The number of aromatic nitrogens is 2. The number of nitrogens with one attached hydrogen (secondary N) is 1. The number of aryl methyl sites for hydroxylation is 1. The lowest BCUT2D eigenvalue weighted by Gasteiger charge is -2.13. The van der Waals surface area contributed by atoms with Gasteiger partial charge in [0.05, 0.1) is 19.7 Å². The van der Waals surface area contributed by atoms with Gasteiger partial charge >= 0.3 is 0 Å². The fourth-order valence-corrected chi connectivity index (χ4v) is 2.99. The molecule has 27 heavy (non-hydrogen) atoms. The van der Waals surface area contributed by atoms with Crippen molar-refractivity contribution in [2.45, 2.75) is 27.3 Å². The van der Waals surface area contributed by atoms with Crippen molar-refractivity contribution >= 4 is 22.3 Å². The molecule has 3 rings (SSSR count). The third kappa shape index (κ3) is 4.03. The highest BCUT2D eigenvalue weighted by Crippen LogP contribution is 2.34. The van der Waals surface area contributed by atoms with E-state index in [2.05, 4.69) is 59.5 Å². The zero-order chi connectivity index (χ0) is 19.4. The second-order valence-corrected chi connectivity index (χ2v) is 6.37. The van der Waals surface area contributed by atoms with Crippen LogP contribution in [0.2, 0.25) is 0 Å². The average Bonchev–Trinajstić information content (AvgIpc) is 2.70. The van der Waals surface area contributed by atoms with E-state index in [1.807, 2.05) is 19.1 Å². The molecule has 0 aliphatic rings. The van der Waals surface area contributed by atoms with Gasteiger partial charge in [-0.2, -0.15) is 0 Å². The summed E-state index contributed by atoms with van der Waals surface area (Å²) in [6.07, 6.45) is 2.12. The smallest absolute Gasteiger partial charge is 0.162 e. The third-order valence-corrected chi connectivity index (χ3v) is 4.59. The lowest BCUT2D eigenvalue weighted by Crippen LogP contribution is -2.05. The number of methoxy groups -OCH3 is 2. The van der Waals surface area contributed by atoms with Gasteiger partial charge in [-0.3, -0.25) is 0 Å². The zero-order valence-corrected chi connectivity index (χ0v) is 16.5. The maximum absolute atomic E-state index is 5.43. The maximum atomic E-state index is 5.43. The number of anilines is 1. The standard InChI is InChI=1S/C22H25N3O2/c1-6-14(2)17-9-7-8-16(10-17)13-23-22-18-11-20(26-4)21(27-5)12-19(18)24-15(3)25-22/h6-12H,13H2,1-5H3,(H,23,24,25)/b14-6+. The largest absolute Gasteiger partial charge is 0.493 e. The highest BCUT2D eigenvalue weighted by Gasteiger charge is 2.12. The number of hydrogen-bond acceptors (Lipinski definition) is 5. The molecule has 0 aliphatic heterocycles. The SMILES string of the molecule is C/C=C(\C)c1cccc(CNc2nc(C)nc3cc(OC)c(OC)cc23)c1. The van der Waals surface area contributed by atoms with E-state index in [-0.39, 0.29) is 0 Å². The summed E-state index contributed by atoms with van der Waals surface area (Å²) in [5.41, 5.74) is 4.50. The molecular formula is C22H25N3O2. The van der Waals surface area contributed by atoms with Crippen LogP contribution in [0.5, 0.6) is 11.5 Å². The highest BCUT2D eigenvalue weighted by atomic mass is 16.5.